The largest absolute Gasteiger partial charge is 0.495 e. The van der Waals surface area contributed by atoms with Gasteiger partial charge < -0.3 is 19.1 Å². The number of hydrogen-bond acceptors (Lipinski definition) is 7. The molecule has 0 amide bonds. The maximum absolute atomic E-state index is 13.5. The van der Waals surface area contributed by atoms with Crippen molar-refractivity contribution in [2.45, 2.75) is 30.1 Å². The Balaban J connectivity index is 1.60. The van der Waals surface area contributed by atoms with Crippen LogP contribution in [0.3, 0.4) is 0 Å². The van der Waals surface area contributed by atoms with Crippen LogP contribution < -0.4 is 14.2 Å². The number of hydrogen-bond donors (Lipinski definition) is 2. The van der Waals surface area contributed by atoms with Gasteiger partial charge in [-0.25, -0.2) is 13.2 Å². The highest BCUT2D eigenvalue weighted by atomic mass is 79.9. The second-order valence-electron chi connectivity index (χ2n) is 8.59. The van der Waals surface area contributed by atoms with E-state index in [0.29, 0.717) is 23.7 Å². The zero-order valence-corrected chi connectivity index (χ0v) is 20.9. The topological polar surface area (TPSA) is 128 Å². The third-order valence-corrected chi connectivity index (χ3v) is 8.60. The Kier molecular flexibility index (Phi) is 5.17. The Labute approximate surface area is 204 Å². The van der Waals surface area contributed by atoms with Gasteiger partial charge in [-0.05, 0) is 48.6 Å². The van der Waals surface area contributed by atoms with E-state index in [0.717, 1.165) is 28.6 Å². The number of aromatic nitrogens is 1. The molecule has 1 heterocycles. The van der Waals surface area contributed by atoms with Crippen molar-refractivity contribution in [1.82, 2.24) is 5.16 Å². The molecule has 0 radical (unpaired) electrons. The minimum Gasteiger partial charge on any atom is -0.495 e. The summed E-state index contributed by atoms with van der Waals surface area (Å²) in [5.41, 5.74) is 2.48. The lowest BCUT2D eigenvalue weighted by molar-refractivity contribution is 0.0695. The van der Waals surface area contributed by atoms with Crippen molar-refractivity contribution in [1.29, 1.82) is 0 Å². The average Bonchev–Trinajstić information content (AvgIpc) is 3.26. The van der Waals surface area contributed by atoms with Gasteiger partial charge in [-0.1, -0.05) is 34.1 Å². The zero-order chi connectivity index (χ0) is 24.4. The number of carboxylic acid groups (broad SMARTS) is 1. The Hall–Kier alpha value is -3.05. The SMILES string of the molecule is COc1cc(C(=O)O)cc(OC)c1S(=O)(=O)Nc1noc2c1C[C@@]1(C[C@@H]1C)c1ccc(Br)cc1-2. The lowest BCUT2D eigenvalue weighted by Crippen LogP contribution is -2.22. The fourth-order valence-corrected chi connectivity index (χ4v) is 6.56. The molecule has 0 aliphatic heterocycles. The predicted octanol–water partition coefficient (Wildman–Crippen LogP) is 4.45. The maximum Gasteiger partial charge on any atom is 0.335 e. The summed E-state index contributed by atoms with van der Waals surface area (Å²) in [6.45, 7) is 2.17. The molecule has 2 N–H and O–H groups in total. The smallest absolute Gasteiger partial charge is 0.335 e. The third kappa shape index (κ3) is 3.37. The first-order valence-electron chi connectivity index (χ1n) is 10.4. The van der Waals surface area contributed by atoms with Crippen molar-refractivity contribution in [2.24, 2.45) is 5.92 Å². The molecule has 2 aliphatic rings. The molecule has 34 heavy (non-hydrogen) atoms. The van der Waals surface area contributed by atoms with Gasteiger partial charge in [-0.2, -0.15) is 0 Å². The Morgan fingerprint density at radius 2 is 1.88 bits per heavy atom. The van der Waals surface area contributed by atoms with Crippen molar-refractivity contribution in [2.75, 3.05) is 18.9 Å². The molecule has 11 heteroatoms. The second kappa shape index (κ2) is 7.74. The van der Waals surface area contributed by atoms with Crippen molar-refractivity contribution in [3.63, 3.8) is 0 Å². The predicted molar refractivity (Wildman–Crippen MR) is 126 cm³/mol. The van der Waals surface area contributed by atoms with E-state index in [2.05, 4.69) is 38.8 Å². The molecule has 1 aromatic heterocycles. The average molecular weight is 549 g/mol. The molecule has 0 saturated heterocycles. The van der Waals surface area contributed by atoms with Crippen LogP contribution in [0.4, 0.5) is 5.82 Å². The van der Waals surface area contributed by atoms with Gasteiger partial charge in [-0.15, -0.1) is 0 Å². The van der Waals surface area contributed by atoms with Crippen LogP contribution in [0.1, 0.15) is 34.8 Å². The first-order chi connectivity index (χ1) is 16.1. The van der Waals surface area contributed by atoms with Gasteiger partial charge in [0.25, 0.3) is 10.0 Å². The van der Waals surface area contributed by atoms with Crippen molar-refractivity contribution < 1.29 is 32.3 Å². The van der Waals surface area contributed by atoms with E-state index in [1.165, 1.54) is 19.8 Å². The van der Waals surface area contributed by atoms with Crippen LogP contribution in [0, 0.1) is 5.92 Å². The van der Waals surface area contributed by atoms with Crippen LogP contribution in [-0.2, 0) is 21.9 Å². The van der Waals surface area contributed by atoms with Gasteiger partial charge in [0.15, 0.2) is 16.5 Å². The highest BCUT2D eigenvalue weighted by molar-refractivity contribution is 9.10. The molecule has 5 rings (SSSR count). The number of halogens is 1. The summed E-state index contributed by atoms with van der Waals surface area (Å²) in [5, 5.41) is 13.4. The van der Waals surface area contributed by atoms with Gasteiger partial charge in [0.1, 0.15) is 11.5 Å². The minimum atomic E-state index is -4.29. The van der Waals surface area contributed by atoms with Crippen molar-refractivity contribution in [3.8, 4) is 22.8 Å². The van der Waals surface area contributed by atoms with Crippen molar-refractivity contribution in [3.05, 3.63) is 51.5 Å². The van der Waals surface area contributed by atoms with E-state index >= 15 is 0 Å². The number of carboxylic acids is 1. The van der Waals surface area contributed by atoms with E-state index in [9.17, 15) is 18.3 Å². The van der Waals surface area contributed by atoms with Crippen LogP contribution >= 0.6 is 15.9 Å². The number of nitrogens with zero attached hydrogens (tertiary/aromatic N) is 1. The van der Waals surface area contributed by atoms with Gasteiger partial charge in [0.05, 0.1) is 19.8 Å². The Bertz CT molecular complexity index is 1420. The number of aromatic carboxylic acids is 1. The molecule has 2 aromatic carbocycles. The first kappa shape index (κ1) is 22.7. The van der Waals surface area contributed by atoms with Crippen LogP contribution in [-0.4, -0.2) is 38.9 Å². The lowest BCUT2D eigenvalue weighted by atomic mass is 9.78. The number of fused-ring (bicyclic) bond motifs is 4. The molecule has 9 nitrogen and oxygen atoms in total. The summed E-state index contributed by atoms with van der Waals surface area (Å²) < 4.78 is 46.4. The summed E-state index contributed by atoms with van der Waals surface area (Å²) in [6, 6.07) is 8.30. The normalized spacial score (nSPS) is 20.4. The summed E-state index contributed by atoms with van der Waals surface area (Å²) in [7, 11) is -1.78. The number of benzene rings is 2. The van der Waals surface area contributed by atoms with E-state index in [4.69, 9.17) is 14.0 Å². The van der Waals surface area contributed by atoms with E-state index in [1.54, 1.807) is 0 Å². The number of carbonyl (C=O) groups is 1. The summed E-state index contributed by atoms with van der Waals surface area (Å²) in [5.74, 6) is -0.521. The van der Waals surface area contributed by atoms with E-state index in [-0.39, 0.29) is 33.2 Å². The highest BCUT2D eigenvalue weighted by Gasteiger charge is 2.56. The van der Waals surface area contributed by atoms with Crippen LogP contribution in [0.5, 0.6) is 11.5 Å². The molecular weight excluding hydrogens is 528 g/mol. The summed E-state index contributed by atoms with van der Waals surface area (Å²) >= 11 is 3.51. The molecule has 0 bridgehead atoms. The monoisotopic (exact) mass is 548 g/mol. The molecule has 2 aliphatic carbocycles. The molecule has 0 unspecified atom stereocenters. The standard InChI is InChI=1S/C23H21BrN2O7S/c1-11-9-23(11)10-15-19(14-8-13(24)4-5-16(14)23)33-25-21(15)26-34(29,30)20-17(31-2)6-12(22(27)28)7-18(20)32-3/h4-8,11H,9-10H2,1-3H3,(H,25,26)(H,27,28)/t11-,23+/m0/s1. The number of nitrogens with one attached hydrogen (secondary N) is 1. The van der Waals surface area contributed by atoms with Gasteiger partial charge in [-0.3, -0.25) is 4.72 Å². The molecule has 1 saturated carbocycles. The molecule has 2 atom stereocenters. The maximum atomic E-state index is 13.5. The van der Waals surface area contributed by atoms with Crippen molar-refractivity contribution >= 4 is 37.7 Å². The minimum absolute atomic E-state index is 0.0884. The third-order valence-electron chi connectivity index (χ3n) is 6.70. The number of rotatable bonds is 6. The van der Waals surface area contributed by atoms with Gasteiger partial charge in [0.2, 0.25) is 0 Å². The van der Waals surface area contributed by atoms with E-state index in [1.807, 2.05) is 12.1 Å². The molecular formula is C23H21BrN2O7S. The number of sulfonamides is 1. The second-order valence-corrected chi connectivity index (χ2v) is 11.1. The molecule has 1 spiro atoms. The van der Waals surface area contributed by atoms with Gasteiger partial charge in [0, 0.05) is 21.0 Å². The Morgan fingerprint density at radius 1 is 1.24 bits per heavy atom. The highest BCUT2D eigenvalue weighted by Crippen LogP contribution is 2.62. The number of anilines is 1. The quantitative estimate of drug-likeness (QED) is 0.462. The lowest BCUT2D eigenvalue weighted by Gasteiger charge is -2.25. The fourth-order valence-electron chi connectivity index (χ4n) is 4.87. The van der Waals surface area contributed by atoms with Crippen LogP contribution in [0.2, 0.25) is 0 Å². The van der Waals surface area contributed by atoms with Crippen LogP contribution in [0.25, 0.3) is 11.3 Å². The molecule has 3 aromatic rings. The first-order valence-corrected chi connectivity index (χ1v) is 12.7. The number of methoxy groups -OCH3 is 2. The molecule has 1 fully saturated rings. The molecule has 178 valence electrons. The Morgan fingerprint density at radius 3 is 2.44 bits per heavy atom. The summed E-state index contributed by atoms with van der Waals surface area (Å²) in [4.78, 5) is 11.1. The van der Waals surface area contributed by atoms with E-state index < -0.39 is 16.0 Å². The number of ether oxygens (including phenoxy) is 2. The summed E-state index contributed by atoms with van der Waals surface area (Å²) in [6.07, 6.45) is 1.57. The van der Waals surface area contributed by atoms with Gasteiger partial charge >= 0.3 is 5.97 Å². The van der Waals surface area contributed by atoms with Crippen LogP contribution in [0.15, 0.2) is 44.2 Å². The zero-order valence-electron chi connectivity index (χ0n) is 18.5. The fraction of sp³-hybridized carbons (Fsp3) is 0.304.